The van der Waals surface area contributed by atoms with E-state index in [-0.39, 0.29) is 6.79 Å². The second-order valence-electron chi connectivity index (χ2n) is 7.41. The molecule has 0 saturated carbocycles. The molecule has 0 spiro atoms. The van der Waals surface area contributed by atoms with E-state index in [1.165, 1.54) is 16.7 Å². The SMILES string of the molecule is Nc1ncn(CCC2CCN(C(=O)O)C2)c2nc(Sc3cc4c(cc3Br)OCO4)nc1-2. The lowest BCUT2D eigenvalue weighted by molar-refractivity contribution is 0.153. The number of fused-ring (bicyclic) bond motifs is 2. The van der Waals surface area contributed by atoms with Crippen LogP contribution in [0.3, 0.4) is 0 Å². The molecule has 0 bridgehead atoms. The fraction of sp³-hybridized carbons (Fsp3) is 0.368. The molecule has 5 rings (SSSR count). The van der Waals surface area contributed by atoms with Crippen molar-refractivity contribution in [2.24, 2.45) is 5.92 Å². The van der Waals surface area contributed by atoms with Crippen LogP contribution in [0, 0.1) is 5.92 Å². The van der Waals surface area contributed by atoms with E-state index in [1.807, 2.05) is 16.7 Å². The van der Waals surface area contributed by atoms with Crippen LogP contribution >= 0.6 is 27.7 Å². The van der Waals surface area contributed by atoms with Gasteiger partial charge < -0.3 is 29.8 Å². The van der Waals surface area contributed by atoms with Gasteiger partial charge in [-0.3, -0.25) is 0 Å². The predicted molar refractivity (Wildman–Crippen MR) is 116 cm³/mol. The van der Waals surface area contributed by atoms with Crippen LogP contribution in [-0.4, -0.2) is 55.5 Å². The van der Waals surface area contributed by atoms with E-state index >= 15 is 0 Å². The van der Waals surface area contributed by atoms with Crippen molar-refractivity contribution in [2.45, 2.75) is 29.4 Å². The molecular formula is C19H19BrN6O4S. The maximum absolute atomic E-state index is 11.1. The number of likely N-dealkylation sites (tertiary alicyclic amines) is 1. The molecule has 4 aliphatic rings. The highest BCUT2D eigenvalue weighted by Crippen LogP contribution is 2.43. The van der Waals surface area contributed by atoms with Crippen molar-refractivity contribution < 1.29 is 19.4 Å². The van der Waals surface area contributed by atoms with Crippen molar-refractivity contribution in [3.63, 3.8) is 0 Å². The van der Waals surface area contributed by atoms with Crippen LogP contribution < -0.4 is 15.2 Å². The Bertz CT molecular complexity index is 1130. The normalized spacial score (nSPS) is 17.6. The Morgan fingerprint density at radius 2 is 2.13 bits per heavy atom. The first-order chi connectivity index (χ1) is 15.0. The number of aryl methyl sites for hydroxylation is 1. The number of hydrogen-bond donors (Lipinski definition) is 2. The van der Waals surface area contributed by atoms with E-state index < -0.39 is 6.09 Å². The van der Waals surface area contributed by atoms with Gasteiger partial charge in [-0.05, 0) is 58.6 Å². The van der Waals surface area contributed by atoms with E-state index in [2.05, 4.69) is 30.9 Å². The van der Waals surface area contributed by atoms with E-state index in [9.17, 15) is 4.79 Å². The molecule has 1 aromatic carbocycles. The summed E-state index contributed by atoms with van der Waals surface area (Å²) in [4.78, 5) is 27.0. The minimum atomic E-state index is -0.857. The molecule has 1 amide bonds. The van der Waals surface area contributed by atoms with Gasteiger partial charge in [-0.15, -0.1) is 0 Å². The van der Waals surface area contributed by atoms with E-state index in [0.29, 0.717) is 59.5 Å². The minimum absolute atomic E-state index is 0.208. The summed E-state index contributed by atoms with van der Waals surface area (Å²) in [5, 5.41) is 9.70. The molecule has 1 saturated heterocycles. The lowest BCUT2D eigenvalue weighted by atomic mass is 10.1. The van der Waals surface area contributed by atoms with Crippen LogP contribution in [0.1, 0.15) is 12.8 Å². The number of aromatic nitrogens is 4. The Morgan fingerprint density at radius 1 is 1.32 bits per heavy atom. The number of halogens is 1. The number of benzene rings is 1. The number of ether oxygens (including phenoxy) is 2. The Balaban J connectivity index is 1.35. The Morgan fingerprint density at radius 3 is 2.90 bits per heavy atom. The standard InChI is InChI=1S/C19H19BrN6O4S/c20-11-5-12-13(30-9-29-12)6-14(11)31-18-23-15-16(21)22-8-26(17(15)24-18)4-2-10-1-3-25(7-10)19(27)28/h5-6,8,10H,1-4,7,9,21H2,(H,27,28). The molecule has 10 nitrogen and oxygen atoms in total. The molecule has 12 heteroatoms. The Hall–Kier alpha value is -2.73. The summed E-state index contributed by atoms with van der Waals surface area (Å²) in [7, 11) is 0. The molecule has 1 atom stereocenters. The van der Waals surface area contributed by atoms with Gasteiger partial charge in [0.1, 0.15) is 0 Å². The molecular weight excluding hydrogens is 488 g/mol. The molecule has 31 heavy (non-hydrogen) atoms. The number of hydrogen-bond acceptors (Lipinski definition) is 8. The number of imidazole rings is 1. The highest BCUT2D eigenvalue weighted by atomic mass is 79.9. The van der Waals surface area contributed by atoms with Gasteiger partial charge in [-0.1, -0.05) is 0 Å². The lowest BCUT2D eigenvalue weighted by Crippen LogP contribution is -2.26. The number of nitrogens with two attached hydrogens (primary N) is 1. The number of carboxylic acid groups (broad SMARTS) is 1. The molecule has 0 aliphatic carbocycles. The third kappa shape index (κ3) is 3.97. The first-order valence-electron chi connectivity index (χ1n) is 9.71. The monoisotopic (exact) mass is 506 g/mol. The molecule has 162 valence electrons. The van der Waals surface area contributed by atoms with Crippen molar-refractivity contribution in [1.29, 1.82) is 0 Å². The summed E-state index contributed by atoms with van der Waals surface area (Å²) in [6, 6.07) is 3.76. The maximum atomic E-state index is 11.1. The average Bonchev–Trinajstić information content (AvgIpc) is 3.47. The van der Waals surface area contributed by atoms with Crippen molar-refractivity contribution >= 4 is 39.6 Å². The summed E-state index contributed by atoms with van der Waals surface area (Å²) < 4.78 is 13.6. The predicted octanol–water partition coefficient (Wildman–Crippen LogP) is 3.39. The molecule has 0 radical (unpaired) electrons. The lowest BCUT2D eigenvalue weighted by Gasteiger charge is -2.15. The van der Waals surface area contributed by atoms with Crippen LogP contribution in [0.4, 0.5) is 10.6 Å². The zero-order valence-corrected chi connectivity index (χ0v) is 18.7. The van der Waals surface area contributed by atoms with Gasteiger partial charge in [0.25, 0.3) is 0 Å². The van der Waals surface area contributed by atoms with Gasteiger partial charge in [0.05, 0.1) is 6.33 Å². The molecule has 1 unspecified atom stereocenters. The number of rotatable bonds is 5. The van der Waals surface area contributed by atoms with Crippen LogP contribution in [-0.2, 0) is 6.54 Å². The van der Waals surface area contributed by atoms with Crippen LogP contribution in [0.25, 0.3) is 11.5 Å². The second-order valence-corrected chi connectivity index (χ2v) is 9.27. The molecule has 4 heterocycles. The quantitative estimate of drug-likeness (QED) is 0.534. The first-order valence-corrected chi connectivity index (χ1v) is 11.3. The van der Waals surface area contributed by atoms with E-state index in [0.717, 1.165) is 22.2 Å². The Kier molecular flexibility index (Phi) is 5.26. The summed E-state index contributed by atoms with van der Waals surface area (Å²) in [5.74, 6) is 2.69. The maximum Gasteiger partial charge on any atom is 0.407 e. The second kappa shape index (κ2) is 8.08. The van der Waals surface area contributed by atoms with E-state index in [1.54, 1.807) is 6.33 Å². The highest BCUT2D eigenvalue weighted by molar-refractivity contribution is 9.10. The summed E-state index contributed by atoms with van der Waals surface area (Å²) >= 11 is 4.95. The topological polar surface area (TPSA) is 129 Å². The highest BCUT2D eigenvalue weighted by Gasteiger charge is 2.27. The molecule has 4 aliphatic heterocycles. The smallest absolute Gasteiger partial charge is 0.407 e. The van der Waals surface area contributed by atoms with Gasteiger partial charge >= 0.3 is 6.09 Å². The average molecular weight is 507 g/mol. The Labute approximate surface area is 190 Å². The van der Waals surface area contributed by atoms with Gasteiger partial charge in [0.15, 0.2) is 34.0 Å². The third-order valence-electron chi connectivity index (χ3n) is 5.43. The minimum Gasteiger partial charge on any atom is -0.465 e. The van der Waals surface area contributed by atoms with Crippen molar-refractivity contribution in [3.05, 3.63) is 22.9 Å². The number of nitrogen functional groups attached to an aromatic ring is 1. The van der Waals surface area contributed by atoms with Crippen LogP contribution in [0.5, 0.6) is 11.5 Å². The summed E-state index contributed by atoms with van der Waals surface area (Å²) in [6.45, 7) is 2.02. The summed E-state index contributed by atoms with van der Waals surface area (Å²) in [6.07, 6.45) is 2.51. The number of nitrogens with zero attached hydrogens (tertiary/aromatic N) is 5. The fourth-order valence-electron chi connectivity index (χ4n) is 3.78. The van der Waals surface area contributed by atoms with Crippen molar-refractivity contribution in [3.8, 4) is 23.0 Å². The zero-order chi connectivity index (χ0) is 21.5. The zero-order valence-electron chi connectivity index (χ0n) is 16.3. The number of amides is 1. The molecule has 1 aromatic rings. The fourth-order valence-corrected chi connectivity index (χ4v) is 5.14. The van der Waals surface area contributed by atoms with Gasteiger partial charge in [0, 0.05) is 29.0 Å². The van der Waals surface area contributed by atoms with Gasteiger partial charge in [0.2, 0.25) is 6.79 Å². The van der Waals surface area contributed by atoms with E-state index in [4.69, 9.17) is 20.3 Å². The first kappa shape index (κ1) is 20.2. The largest absolute Gasteiger partial charge is 0.465 e. The molecule has 0 aromatic heterocycles. The van der Waals surface area contributed by atoms with Crippen LogP contribution in [0.2, 0.25) is 0 Å². The van der Waals surface area contributed by atoms with Crippen molar-refractivity contribution in [1.82, 2.24) is 24.4 Å². The summed E-state index contributed by atoms with van der Waals surface area (Å²) in [5.41, 5.74) is 6.61. The van der Waals surface area contributed by atoms with Gasteiger partial charge in [-0.25, -0.2) is 19.7 Å². The number of carbonyl (C=O) groups is 1. The van der Waals surface area contributed by atoms with Crippen LogP contribution in [0.15, 0.2) is 33.0 Å². The third-order valence-corrected chi connectivity index (χ3v) is 7.28. The molecule has 3 N–H and O–H groups in total. The van der Waals surface area contributed by atoms with Crippen molar-refractivity contribution in [2.75, 3.05) is 25.6 Å². The number of anilines is 1. The van der Waals surface area contributed by atoms with Gasteiger partial charge in [-0.2, -0.15) is 0 Å². The molecule has 1 fully saturated rings.